The average Bonchev–Trinajstić information content (AvgIpc) is 1.04. The highest BCUT2D eigenvalue weighted by molar-refractivity contribution is 7.00. The minimum absolute atomic E-state index is 0.000775. The number of rotatable bonds is 9. The van der Waals surface area contributed by atoms with E-state index in [0.29, 0.717) is 5.69 Å². The van der Waals surface area contributed by atoms with E-state index in [1.54, 1.807) is 4.57 Å². The molecule has 0 saturated carbocycles. The molecular weight excluding hydrogens is 990 g/mol. The molecule has 0 fully saturated rings. The van der Waals surface area contributed by atoms with Crippen molar-refractivity contribution in [3.63, 3.8) is 0 Å². The van der Waals surface area contributed by atoms with Crippen LogP contribution in [0.15, 0.2) is 315 Å². The maximum Gasteiger partial charge on any atom is 0.252 e. The highest BCUT2D eigenvalue weighted by Crippen LogP contribution is 2.54. The van der Waals surface area contributed by atoms with Gasteiger partial charge in [-0.05, 0) is 97.2 Å². The first-order chi connectivity index (χ1) is 44.0. The van der Waals surface area contributed by atoms with Crippen molar-refractivity contribution in [1.82, 2.24) is 4.57 Å². The predicted octanol–water partition coefficient (Wildman–Crippen LogP) is 18.9. The number of hydrogen-bond acceptors (Lipinski definition) is 2. The second-order valence-electron chi connectivity index (χ2n) is 20.9. The van der Waals surface area contributed by atoms with Gasteiger partial charge in [0.15, 0.2) is 0 Å². The van der Waals surface area contributed by atoms with Crippen molar-refractivity contribution in [2.75, 3.05) is 9.80 Å². The molecular formula is C78H52BN3. The van der Waals surface area contributed by atoms with Gasteiger partial charge in [-0.15, -0.1) is 0 Å². The molecule has 0 N–H and O–H groups in total. The molecule has 0 radical (unpaired) electrons. The first-order valence-electron chi connectivity index (χ1n) is 31.7. The molecule has 4 heteroatoms. The van der Waals surface area contributed by atoms with Crippen LogP contribution < -0.4 is 26.2 Å². The van der Waals surface area contributed by atoms with E-state index in [2.05, 4.69) is 240 Å². The smallest absolute Gasteiger partial charge is 0.252 e. The largest absolute Gasteiger partial charge is 0.310 e. The Morgan fingerprint density at radius 3 is 1.10 bits per heavy atom. The van der Waals surface area contributed by atoms with Crippen molar-refractivity contribution >= 4 is 79.0 Å². The van der Waals surface area contributed by atoms with Gasteiger partial charge in [0.1, 0.15) is 0 Å². The zero-order valence-electron chi connectivity index (χ0n) is 52.3. The van der Waals surface area contributed by atoms with E-state index in [1.165, 1.54) is 0 Å². The molecule has 0 unspecified atom stereocenters. The summed E-state index contributed by atoms with van der Waals surface area (Å²) in [5, 5.41) is -0.00155. The molecule has 3 heterocycles. The third-order valence-electron chi connectivity index (χ3n) is 16.4. The lowest BCUT2D eigenvalue weighted by Gasteiger charge is -2.46. The lowest BCUT2D eigenvalue weighted by molar-refractivity contribution is 1.16. The number of benzene rings is 13. The number of fused-ring (bicyclic) bond motifs is 7. The van der Waals surface area contributed by atoms with Crippen molar-refractivity contribution in [1.29, 1.82) is 0 Å². The van der Waals surface area contributed by atoms with Crippen LogP contribution in [0.4, 0.5) is 34.1 Å². The highest BCUT2D eigenvalue weighted by Gasteiger charge is 2.46. The lowest BCUT2D eigenvalue weighted by Crippen LogP contribution is -2.61. The number of anilines is 6. The number of hydrogen-bond donors (Lipinski definition) is 0. The lowest BCUT2D eigenvalue weighted by atomic mass is 9.33. The molecule has 0 amide bonds. The molecule has 0 spiro atoms. The van der Waals surface area contributed by atoms with E-state index in [-0.39, 0.29) is 33.9 Å². The van der Waals surface area contributed by atoms with Gasteiger partial charge in [-0.25, -0.2) is 0 Å². The maximum absolute atomic E-state index is 9.91. The number of aromatic nitrogens is 1. The van der Waals surface area contributed by atoms with Crippen LogP contribution in [-0.4, -0.2) is 11.3 Å². The minimum atomic E-state index is -0.506. The summed E-state index contributed by atoms with van der Waals surface area (Å²) in [7, 11) is 0. The molecule has 82 heavy (non-hydrogen) atoms. The third-order valence-corrected chi connectivity index (χ3v) is 16.4. The SMILES string of the molecule is [2H]c1c([2H])c([2H])c2c(c1[2H])c1c([2H])c([2H])c([2H])c([2H])c1n2-c1cc2c3c(c1)N(c1c(-c4ccccc4)cccc1-c1ccccc1)c1cc(-c4ccccc4)ccc1B3c1cc(-c3ccccc3)ccc1N2c1c(-c2ccccc2)cccc1-c1ccccc1. The Kier molecular flexibility index (Phi) is 9.48. The second kappa shape index (κ2) is 19.6. The summed E-state index contributed by atoms with van der Waals surface area (Å²) in [6, 6.07) is 89.7. The normalized spacial score (nSPS) is 13.7. The van der Waals surface area contributed by atoms with Gasteiger partial charge in [0.25, 0.3) is 6.71 Å². The number of para-hydroxylation sites is 4. The van der Waals surface area contributed by atoms with Gasteiger partial charge in [0, 0.05) is 55.8 Å². The second-order valence-corrected chi connectivity index (χ2v) is 20.9. The van der Waals surface area contributed by atoms with E-state index in [0.717, 1.165) is 117 Å². The zero-order valence-corrected chi connectivity index (χ0v) is 44.3. The van der Waals surface area contributed by atoms with Crippen LogP contribution in [0.5, 0.6) is 0 Å². The van der Waals surface area contributed by atoms with Gasteiger partial charge < -0.3 is 14.4 Å². The fraction of sp³-hybridized carbons (Fsp3) is 0. The molecule has 0 bridgehead atoms. The fourth-order valence-electron chi connectivity index (χ4n) is 12.9. The van der Waals surface area contributed by atoms with E-state index in [9.17, 15) is 8.22 Å². The molecule has 1 aromatic heterocycles. The molecule has 382 valence electrons. The Balaban J connectivity index is 1.15. The molecule has 2 aliphatic rings. The summed E-state index contributed by atoms with van der Waals surface area (Å²) in [4.78, 5) is 4.78. The van der Waals surface area contributed by atoms with Crippen LogP contribution in [-0.2, 0) is 0 Å². The molecule has 3 nitrogen and oxygen atoms in total. The minimum Gasteiger partial charge on any atom is -0.310 e. The van der Waals surface area contributed by atoms with Crippen molar-refractivity contribution in [2.24, 2.45) is 0 Å². The summed E-state index contributed by atoms with van der Waals surface area (Å²) in [6.45, 7) is -0.448. The van der Waals surface area contributed by atoms with Gasteiger partial charge in [0.05, 0.1) is 39.1 Å². The van der Waals surface area contributed by atoms with E-state index >= 15 is 0 Å². The van der Waals surface area contributed by atoms with Crippen LogP contribution in [0, 0.1) is 0 Å². The Labute approximate surface area is 489 Å². The van der Waals surface area contributed by atoms with Crippen molar-refractivity contribution in [2.45, 2.75) is 0 Å². The van der Waals surface area contributed by atoms with Crippen LogP contribution in [0.3, 0.4) is 0 Å². The van der Waals surface area contributed by atoms with Gasteiger partial charge in [-0.2, -0.15) is 0 Å². The first-order valence-corrected chi connectivity index (χ1v) is 27.7. The van der Waals surface area contributed by atoms with E-state index in [1.807, 2.05) is 36.4 Å². The molecule has 2 aliphatic heterocycles. The van der Waals surface area contributed by atoms with Crippen LogP contribution in [0.2, 0.25) is 0 Å². The Bertz CT molecular complexity index is 5030. The summed E-state index contributed by atoms with van der Waals surface area (Å²) in [5.74, 6) is 0. The summed E-state index contributed by atoms with van der Waals surface area (Å²) < 4.78 is 77.5. The molecule has 0 aliphatic carbocycles. The standard InChI is InChI=1S/C78H52BN3/c1-7-25-53(26-8-1)59-46-48-72-69(49-59)79-68-47-45-60(54-27-9-2-10-28-54)50-73(68)82(78-64(57-33-15-5-16-34-57)41-24-42-65(78)58-35-17-6-18-36-58)75-52-61(80-70-43-21-19-37-66(70)67-38-20-22-44-71(67)80)51-74(76(75)79)81(72)77-62(55-29-11-3-12-30-55)39-23-40-63(77)56-31-13-4-14-32-56/h1-52H/i19D,20D,21D,22D,37D,38D,43D,44D. The first kappa shape index (κ1) is 39.6. The van der Waals surface area contributed by atoms with Crippen LogP contribution >= 0.6 is 0 Å². The van der Waals surface area contributed by atoms with Gasteiger partial charge >= 0.3 is 0 Å². The highest BCUT2D eigenvalue weighted by atomic mass is 15.2. The summed E-state index contributed by atoms with van der Waals surface area (Å²) in [6.07, 6.45) is 0. The monoisotopic (exact) mass is 1050 g/mol. The van der Waals surface area contributed by atoms with Crippen LogP contribution in [0.1, 0.15) is 11.0 Å². The average molecular weight is 1050 g/mol. The Hall–Kier alpha value is -10.7. The quantitative estimate of drug-likeness (QED) is 0.134. The van der Waals surface area contributed by atoms with E-state index < -0.39 is 43.0 Å². The number of nitrogens with zero attached hydrogens (tertiary/aromatic N) is 3. The molecule has 16 rings (SSSR count). The van der Waals surface area contributed by atoms with Gasteiger partial charge in [-0.3, -0.25) is 0 Å². The van der Waals surface area contributed by atoms with Crippen LogP contribution in [0.25, 0.3) is 94.3 Å². The summed E-state index contributed by atoms with van der Waals surface area (Å²) in [5.41, 5.74) is 20.5. The Morgan fingerprint density at radius 1 is 0.280 bits per heavy atom. The van der Waals surface area contributed by atoms with Crippen molar-refractivity contribution in [3.05, 3.63) is 315 Å². The molecule has 14 aromatic rings. The van der Waals surface area contributed by atoms with Gasteiger partial charge in [-0.1, -0.05) is 279 Å². The van der Waals surface area contributed by atoms with Crippen molar-refractivity contribution in [3.8, 4) is 72.4 Å². The molecule has 0 saturated heterocycles. The topological polar surface area (TPSA) is 11.4 Å². The third kappa shape index (κ3) is 7.68. The van der Waals surface area contributed by atoms with Gasteiger partial charge in [0.2, 0.25) is 0 Å². The maximum atomic E-state index is 9.91. The predicted molar refractivity (Wildman–Crippen MR) is 347 cm³/mol. The van der Waals surface area contributed by atoms with Crippen molar-refractivity contribution < 1.29 is 11.0 Å². The zero-order chi connectivity index (χ0) is 61.1. The fourth-order valence-corrected chi connectivity index (χ4v) is 12.9. The molecule has 0 atom stereocenters. The Morgan fingerprint density at radius 2 is 0.659 bits per heavy atom. The molecule has 13 aromatic carbocycles. The van der Waals surface area contributed by atoms with E-state index in [4.69, 9.17) is 2.74 Å². The summed E-state index contributed by atoms with van der Waals surface area (Å²) >= 11 is 0.